The lowest BCUT2D eigenvalue weighted by Gasteiger charge is -2.12. The van der Waals surface area contributed by atoms with E-state index < -0.39 is 0 Å². The number of hydrazine groups is 1. The van der Waals surface area contributed by atoms with Crippen LogP contribution in [0.25, 0.3) is 11.1 Å². The molecule has 0 saturated heterocycles. The summed E-state index contributed by atoms with van der Waals surface area (Å²) in [5.74, 6) is -0.298. The predicted octanol–water partition coefficient (Wildman–Crippen LogP) is 5.29. The van der Waals surface area contributed by atoms with Crippen LogP contribution >= 0.6 is 35.4 Å². The molecule has 3 N–H and O–H groups in total. The molecule has 0 aliphatic carbocycles. The standard InChI is InChI=1S/C20H15Cl2N3OS/c21-17-11-10-16(12-18(17)22)23-20(27)25-24-19(26)15-8-6-14(7-9-15)13-4-2-1-3-5-13/h1-12H,(H,24,26)(H2,23,25,27). The molecule has 0 atom stereocenters. The summed E-state index contributed by atoms with van der Waals surface area (Å²) in [5.41, 5.74) is 8.51. The molecule has 3 aromatic carbocycles. The summed E-state index contributed by atoms with van der Waals surface area (Å²) in [6, 6.07) is 22.3. The van der Waals surface area contributed by atoms with Crippen LogP contribution in [0.3, 0.4) is 0 Å². The molecule has 27 heavy (non-hydrogen) atoms. The summed E-state index contributed by atoms with van der Waals surface area (Å²) < 4.78 is 0. The van der Waals surface area contributed by atoms with E-state index in [0.29, 0.717) is 21.3 Å². The van der Waals surface area contributed by atoms with Gasteiger partial charge in [0.15, 0.2) is 5.11 Å². The highest BCUT2D eigenvalue weighted by atomic mass is 35.5. The Labute approximate surface area is 172 Å². The number of hydrogen-bond donors (Lipinski definition) is 3. The maximum atomic E-state index is 12.2. The van der Waals surface area contributed by atoms with E-state index in [1.165, 1.54) is 0 Å². The van der Waals surface area contributed by atoms with Crippen LogP contribution in [0.15, 0.2) is 72.8 Å². The molecule has 4 nitrogen and oxygen atoms in total. The number of hydrogen-bond acceptors (Lipinski definition) is 2. The molecule has 0 bridgehead atoms. The van der Waals surface area contributed by atoms with E-state index in [9.17, 15) is 4.79 Å². The van der Waals surface area contributed by atoms with Gasteiger partial charge < -0.3 is 5.32 Å². The quantitative estimate of drug-likeness (QED) is 0.401. The van der Waals surface area contributed by atoms with Gasteiger partial charge in [-0.15, -0.1) is 0 Å². The third kappa shape index (κ3) is 5.20. The van der Waals surface area contributed by atoms with Gasteiger partial charge in [0.05, 0.1) is 10.0 Å². The molecule has 0 aliphatic heterocycles. The van der Waals surface area contributed by atoms with Crippen molar-refractivity contribution in [3.63, 3.8) is 0 Å². The molecule has 0 radical (unpaired) electrons. The van der Waals surface area contributed by atoms with Gasteiger partial charge in [0.1, 0.15) is 0 Å². The summed E-state index contributed by atoms with van der Waals surface area (Å²) in [5, 5.41) is 4.00. The SMILES string of the molecule is O=C(NNC(=S)Nc1ccc(Cl)c(Cl)c1)c1ccc(-c2ccccc2)cc1. The zero-order chi connectivity index (χ0) is 19.2. The number of benzene rings is 3. The van der Waals surface area contributed by atoms with Crippen molar-refractivity contribution in [1.82, 2.24) is 10.9 Å². The third-order valence-electron chi connectivity index (χ3n) is 3.72. The Morgan fingerprint density at radius 2 is 1.44 bits per heavy atom. The highest BCUT2D eigenvalue weighted by Crippen LogP contribution is 2.25. The van der Waals surface area contributed by atoms with Crippen LogP contribution < -0.4 is 16.2 Å². The van der Waals surface area contributed by atoms with Crippen molar-refractivity contribution in [3.8, 4) is 11.1 Å². The summed E-state index contributed by atoms with van der Waals surface area (Å²) in [7, 11) is 0. The Bertz CT molecular complexity index is 963. The van der Waals surface area contributed by atoms with Gasteiger partial charge in [0.2, 0.25) is 0 Å². The largest absolute Gasteiger partial charge is 0.331 e. The predicted molar refractivity (Wildman–Crippen MR) is 115 cm³/mol. The minimum atomic E-state index is -0.298. The van der Waals surface area contributed by atoms with E-state index in [-0.39, 0.29) is 11.0 Å². The number of thiocarbonyl (C=S) groups is 1. The fourth-order valence-corrected chi connectivity index (χ4v) is 2.83. The average molecular weight is 416 g/mol. The first-order chi connectivity index (χ1) is 13.0. The molecule has 0 fully saturated rings. The fraction of sp³-hybridized carbons (Fsp3) is 0. The van der Waals surface area contributed by atoms with E-state index in [4.69, 9.17) is 35.4 Å². The molecule has 3 rings (SSSR count). The second-order valence-corrected chi connectivity index (χ2v) is 6.83. The van der Waals surface area contributed by atoms with Gasteiger partial charge in [0, 0.05) is 11.3 Å². The van der Waals surface area contributed by atoms with E-state index in [2.05, 4.69) is 16.2 Å². The molecule has 0 aliphatic rings. The lowest BCUT2D eigenvalue weighted by molar-refractivity contribution is 0.0944. The molecule has 3 aromatic rings. The van der Waals surface area contributed by atoms with Gasteiger partial charge in [-0.05, 0) is 53.7 Å². The van der Waals surface area contributed by atoms with Crippen molar-refractivity contribution in [2.45, 2.75) is 0 Å². The first-order valence-electron chi connectivity index (χ1n) is 8.01. The number of rotatable bonds is 3. The third-order valence-corrected chi connectivity index (χ3v) is 4.66. The maximum Gasteiger partial charge on any atom is 0.269 e. The number of carbonyl (C=O) groups excluding carboxylic acids is 1. The zero-order valence-electron chi connectivity index (χ0n) is 14.0. The number of amides is 1. The zero-order valence-corrected chi connectivity index (χ0v) is 16.3. The molecule has 136 valence electrons. The Morgan fingerprint density at radius 3 is 2.11 bits per heavy atom. The lowest BCUT2D eigenvalue weighted by Crippen LogP contribution is -2.43. The molecule has 0 saturated carbocycles. The van der Waals surface area contributed by atoms with Crippen LogP contribution in [-0.2, 0) is 0 Å². The van der Waals surface area contributed by atoms with Crippen molar-refractivity contribution >= 4 is 52.1 Å². The Balaban J connectivity index is 1.55. The molecule has 7 heteroatoms. The first-order valence-corrected chi connectivity index (χ1v) is 9.17. The number of nitrogens with one attached hydrogen (secondary N) is 3. The van der Waals surface area contributed by atoms with Crippen molar-refractivity contribution < 1.29 is 4.79 Å². The first kappa shape index (κ1) is 19.2. The van der Waals surface area contributed by atoms with Crippen molar-refractivity contribution in [1.29, 1.82) is 0 Å². The van der Waals surface area contributed by atoms with Gasteiger partial charge in [-0.1, -0.05) is 65.7 Å². The second-order valence-electron chi connectivity index (χ2n) is 5.61. The molecule has 0 aromatic heterocycles. The van der Waals surface area contributed by atoms with Crippen molar-refractivity contribution in [2.75, 3.05) is 5.32 Å². The van der Waals surface area contributed by atoms with Gasteiger partial charge in [-0.3, -0.25) is 15.6 Å². The molecule has 0 heterocycles. The summed E-state index contributed by atoms with van der Waals surface area (Å²) in [6.45, 7) is 0. The molecular weight excluding hydrogens is 401 g/mol. The summed E-state index contributed by atoms with van der Waals surface area (Å²) in [6.07, 6.45) is 0. The van der Waals surface area contributed by atoms with E-state index in [0.717, 1.165) is 11.1 Å². The Morgan fingerprint density at radius 1 is 0.778 bits per heavy atom. The van der Waals surface area contributed by atoms with Gasteiger partial charge in [-0.25, -0.2) is 0 Å². The molecular formula is C20H15Cl2N3OS. The van der Waals surface area contributed by atoms with Gasteiger partial charge >= 0.3 is 0 Å². The summed E-state index contributed by atoms with van der Waals surface area (Å²) in [4.78, 5) is 12.2. The van der Waals surface area contributed by atoms with E-state index >= 15 is 0 Å². The van der Waals surface area contributed by atoms with Crippen LogP contribution in [-0.4, -0.2) is 11.0 Å². The highest BCUT2D eigenvalue weighted by Gasteiger charge is 2.07. The second kappa shape index (κ2) is 8.86. The molecule has 0 unspecified atom stereocenters. The van der Waals surface area contributed by atoms with E-state index in [1.54, 1.807) is 30.3 Å². The fourth-order valence-electron chi connectivity index (χ4n) is 2.37. The Hall–Kier alpha value is -2.60. The maximum absolute atomic E-state index is 12.2. The average Bonchev–Trinajstić information content (AvgIpc) is 2.70. The number of carbonyl (C=O) groups is 1. The van der Waals surface area contributed by atoms with Crippen molar-refractivity contribution in [2.24, 2.45) is 0 Å². The minimum Gasteiger partial charge on any atom is -0.331 e. The molecule has 1 amide bonds. The van der Waals surface area contributed by atoms with Crippen LogP contribution in [0.2, 0.25) is 10.0 Å². The normalized spacial score (nSPS) is 10.1. The number of anilines is 1. The van der Waals surface area contributed by atoms with Gasteiger partial charge in [-0.2, -0.15) is 0 Å². The van der Waals surface area contributed by atoms with Crippen LogP contribution in [0.4, 0.5) is 5.69 Å². The lowest BCUT2D eigenvalue weighted by atomic mass is 10.0. The minimum absolute atomic E-state index is 0.225. The smallest absolute Gasteiger partial charge is 0.269 e. The molecule has 0 spiro atoms. The van der Waals surface area contributed by atoms with E-state index in [1.807, 2.05) is 42.5 Å². The van der Waals surface area contributed by atoms with Gasteiger partial charge in [0.25, 0.3) is 5.91 Å². The number of halogens is 2. The topological polar surface area (TPSA) is 53.2 Å². The van der Waals surface area contributed by atoms with Crippen LogP contribution in [0.5, 0.6) is 0 Å². The Kier molecular flexibility index (Phi) is 6.29. The monoisotopic (exact) mass is 415 g/mol. The highest BCUT2D eigenvalue weighted by molar-refractivity contribution is 7.80. The van der Waals surface area contributed by atoms with Crippen LogP contribution in [0.1, 0.15) is 10.4 Å². The van der Waals surface area contributed by atoms with Crippen molar-refractivity contribution in [3.05, 3.63) is 88.4 Å². The summed E-state index contributed by atoms with van der Waals surface area (Å²) >= 11 is 17.0. The van der Waals surface area contributed by atoms with Crippen LogP contribution in [0, 0.1) is 0 Å².